The molecule has 6 nitrogen and oxygen atoms in total. The van der Waals surface area contributed by atoms with Gasteiger partial charge in [-0.1, -0.05) is 27.5 Å². The molecule has 138 valence electrons. The van der Waals surface area contributed by atoms with Gasteiger partial charge in [0.05, 0.1) is 12.8 Å². The van der Waals surface area contributed by atoms with Gasteiger partial charge >= 0.3 is 5.97 Å². The number of azo groups is 1. The molecule has 0 aliphatic heterocycles. The molecular formula is C19H15BrClN3O3. The maximum absolute atomic E-state index is 12.3. The van der Waals surface area contributed by atoms with E-state index < -0.39 is 5.97 Å². The van der Waals surface area contributed by atoms with Crippen molar-refractivity contribution in [3.8, 4) is 11.6 Å². The highest BCUT2D eigenvalue weighted by Crippen LogP contribution is 2.40. The zero-order chi connectivity index (χ0) is 19.6. The first-order valence-corrected chi connectivity index (χ1v) is 9.05. The van der Waals surface area contributed by atoms with Crippen molar-refractivity contribution in [2.75, 3.05) is 7.11 Å². The lowest BCUT2D eigenvalue weighted by molar-refractivity contribution is 0.0600. The largest absolute Gasteiger partial charge is 0.493 e. The summed E-state index contributed by atoms with van der Waals surface area (Å²) in [5.41, 5.74) is 1.88. The van der Waals surface area contributed by atoms with Gasteiger partial charge in [0.15, 0.2) is 5.69 Å². The van der Waals surface area contributed by atoms with Crippen LogP contribution in [0.5, 0.6) is 5.88 Å². The SMILES string of the molecule is COC(=O)c1c(N=Nc2ccc(Cl)cc2)c(O)n(-c2ccc(Br)cc2)c1C. The average molecular weight is 449 g/mol. The molecule has 1 N–H and O–H groups in total. The summed E-state index contributed by atoms with van der Waals surface area (Å²) in [6.07, 6.45) is 0. The van der Waals surface area contributed by atoms with E-state index in [2.05, 4.69) is 26.2 Å². The fraction of sp³-hybridized carbons (Fsp3) is 0.105. The van der Waals surface area contributed by atoms with Crippen molar-refractivity contribution < 1.29 is 14.6 Å². The first-order valence-electron chi connectivity index (χ1n) is 7.88. The molecule has 0 bridgehead atoms. The van der Waals surface area contributed by atoms with Crippen molar-refractivity contribution in [1.29, 1.82) is 0 Å². The number of nitrogens with zero attached hydrogens (tertiary/aromatic N) is 3. The summed E-state index contributed by atoms with van der Waals surface area (Å²) in [7, 11) is 1.27. The molecule has 2 aromatic carbocycles. The zero-order valence-electron chi connectivity index (χ0n) is 14.5. The second-order valence-corrected chi connectivity index (χ2v) is 6.96. The van der Waals surface area contributed by atoms with E-state index in [1.807, 2.05) is 12.1 Å². The molecule has 0 fully saturated rings. The Bertz CT molecular complexity index is 1010. The highest BCUT2D eigenvalue weighted by molar-refractivity contribution is 9.10. The Morgan fingerprint density at radius 2 is 1.74 bits per heavy atom. The first kappa shape index (κ1) is 19.1. The van der Waals surface area contributed by atoms with Crippen LogP contribution in [0.4, 0.5) is 11.4 Å². The van der Waals surface area contributed by atoms with E-state index in [-0.39, 0.29) is 17.1 Å². The molecule has 0 radical (unpaired) electrons. The molecule has 3 aromatic rings. The quantitative estimate of drug-likeness (QED) is 0.386. The number of ether oxygens (including phenoxy) is 1. The molecule has 0 spiro atoms. The number of methoxy groups -OCH3 is 1. The van der Waals surface area contributed by atoms with Crippen LogP contribution in [0.25, 0.3) is 5.69 Å². The molecule has 0 saturated carbocycles. The Morgan fingerprint density at radius 3 is 2.33 bits per heavy atom. The molecule has 0 unspecified atom stereocenters. The van der Waals surface area contributed by atoms with Crippen LogP contribution >= 0.6 is 27.5 Å². The summed E-state index contributed by atoms with van der Waals surface area (Å²) < 4.78 is 7.28. The minimum atomic E-state index is -0.608. The Morgan fingerprint density at radius 1 is 1.11 bits per heavy atom. The van der Waals surface area contributed by atoms with Crippen LogP contribution in [0.3, 0.4) is 0 Å². The monoisotopic (exact) mass is 447 g/mol. The maximum Gasteiger partial charge on any atom is 0.342 e. The lowest BCUT2D eigenvalue weighted by atomic mass is 10.2. The van der Waals surface area contributed by atoms with Gasteiger partial charge in [-0.05, 0) is 55.5 Å². The van der Waals surface area contributed by atoms with Gasteiger partial charge in [-0.2, -0.15) is 5.11 Å². The minimum absolute atomic E-state index is 0.0391. The maximum atomic E-state index is 12.3. The van der Waals surface area contributed by atoms with E-state index >= 15 is 0 Å². The third-order valence-corrected chi connectivity index (χ3v) is 4.70. The molecule has 0 saturated heterocycles. The molecule has 8 heteroatoms. The summed E-state index contributed by atoms with van der Waals surface area (Å²) in [6, 6.07) is 14.0. The Balaban J connectivity index is 2.14. The summed E-state index contributed by atoms with van der Waals surface area (Å²) in [6.45, 7) is 1.70. The van der Waals surface area contributed by atoms with Crippen LogP contribution in [0.1, 0.15) is 16.1 Å². The second kappa shape index (κ2) is 7.94. The number of aromatic hydroxyl groups is 1. The van der Waals surface area contributed by atoms with Crippen molar-refractivity contribution in [1.82, 2.24) is 4.57 Å². The summed E-state index contributed by atoms with van der Waals surface area (Å²) in [5.74, 6) is -0.809. The van der Waals surface area contributed by atoms with Gasteiger partial charge < -0.3 is 9.84 Å². The van der Waals surface area contributed by atoms with Gasteiger partial charge in [0, 0.05) is 20.9 Å². The average Bonchev–Trinajstić information content (AvgIpc) is 2.91. The van der Waals surface area contributed by atoms with Crippen molar-refractivity contribution in [2.45, 2.75) is 6.92 Å². The van der Waals surface area contributed by atoms with E-state index in [1.54, 1.807) is 43.3 Å². The van der Waals surface area contributed by atoms with E-state index in [4.69, 9.17) is 16.3 Å². The number of halogens is 2. The van der Waals surface area contributed by atoms with Gasteiger partial charge in [-0.3, -0.25) is 4.57 Å². The van der Waals surface area contributed by atoms with Crippen LogP contribution in [-0.2, 0) is 4.74 Å². The van der Waals surface area contributed by atoms with Crippen molar-refractivity contribution in [3.05, 3.63) is 69.3 Å². The smallest absolute Gasteiger partial charge is 0.342 e. The van der Waals surface area contributed by atoms with Crippen LogP contribution in [0.2, 0.25) is 5.02 Å². The van der Waals surface area contributed by atoms with Crippen molar-refractivity contribution >= 4 is 44.9 Å². The number of esters is 1. The fourth-order valence-corrected chi connectivity index (χ4v) is 3.01. The highest BCUT2D eigenvalue weighted by Gasteiger charge is 2.27. The normalized spacial score (nSPS) is 11.1. The molecule has 3 rings (SSSR count). The van der Waals surface area contributed by atoms with Gasteiger partial charge in [0.2, 0.25) is 5.88 Å². The lowest BCUT2D eigenvalue weighted by Gasteiger charge is -2.08. The number of carbonyl (C=O) groups is 1. The summed E-state index contributed by atoms with van der Waals surface area (Å²) >= 11 is 9.24. The zero-order valence-corrected chi connectivity index (χ0v) is 16.8. The molecule has 0 atom stereocenters. The van der Waals surface area contributed by atoms with E-state index in [0.29, 0.717) is 22.1 Å². The van der Waals surface area contributed by atoms with Gasteiger partial charge in [0.25, 0.3) is 0 Å². The predicted octanol–water partition coefficient (Wildman–Crippen LogP) is 6.11. The van der Waals surface area contributed by atoms with Crippen LogP contribution in [0.15, 0.2) is 63.2 Å². The lowest BCUT2D eigenvalue weighted by Crippen LogP contribution is -2.04. The highest BCUT2D eigenvalue weighted by atomic mass is 79.9. The van der Waals surface area contributed by atoms with Gasteiger partial charge in [-0.25, -0.2) is 4.79 Å². The first-order chi connectivity index (χ1) is 12.9. The topological polar surface area (TPSA) is 76.2 Å². The third-order valence-electron chi connectivity index (χ3n) is 3.92. The van der Waals surface area contributed by atoms with E-state index in [0.717, 1.165) is 4.47 Å². The summed E-state index contributed by atoms with van der Waals surface area (Å²) in [5, 5.41) is 19.5. The number of aromatic nitrogens is 1. The molecule has 0 amide bonds. The molecule has 1 heterocycles. The molecule has 27 heavy (non-hydrogen) atoms. The fourth-order valence-electron chi connectivity index (χ4n) is 2.62. The van der Waals surface area contributed by atoms with Crippen LogP contribution < -0.4 is 0 Å². The summed E-state index contributed by atoms with van der Waals surface area (Å²) in [4.78, 5) is 12.3. The number of benzene rings is 2. The molecule has 1 aromatic heterocycles. The van der Waals surface area contributed by atoms with Gasteiger partial charge in [0.1, 0.15) is 5.56 Å². The van der Waals surface area contributed by atoms with Crippen LogP contribution in [-0.4, -0.2) is 22.8 Å². The number of rotatable bonds is 4. The molecule has 0 aliphatic carbocycles. The van der Waals surface area contributed by atoms with Crippen molar-refractivity contribution in [2.24, 2.45) is 10.2 Å². The minimum Gasteiger partial charge on any atom is -0.493 e. The Kier molecular flexibility index (Phi) is 5.62. The number of carbonyl (C=O) groups excluding carboxylic acids is 1. The molecule has 0 aliphatic rings. The second-order valence-electron chi connectivity index (χ2n) is 5.61. The number of hydrogen-bond acceptors (Lipinski definition) is 5. The predicted molar refractivity (Wildman–Crippen MR) is 107 cm³/mol. The third kappa shape index (κ3) is 3.89. The molecular weight excluding hydrogens is 434 g/mol. The van der Waals surface area contributed by atoms with E-state index in [1.165, 1.54) is 11.7 Å². The number of hydrogen-bond donors (Lipinski definition) is 1. The van der Waals surface area contributed by atoms with E-state index in [9.17, 15) is 9.90 Å². The standard InChI is InChI=1S/C19H15BrClN3O3/c1-11-16(19(26)27-2)17(23-22-14-7-5-13(21)6-8-14)18(25)24(11)15-9-3-12(20)4-10-15/h3-10,25H,1-2H3. The van der Waals surface area contributed by atoms with Crippen LogP contribution in [0, 0.1) is 6.92 Å². The Hall–Kier alpha value is -2.64. The van der Waals surface area contributed by atoms with Crippen molar-refractivity contribution in [3.63, 3.8) is 0 Å². The van der Waals surface area contributed by atoms with Gasteiger partial charge in [-0.15, -0.1) is 5.11 Å². The Labute approximate surface area is 169 Å².